The summed E-state index contributed by atoms with van der Waals surface area (Å²) in [6.07, 6.45) is 3.58. The molecule has 2 heteroatoms. The van der Waals surface area contributed by atoms with Crippen molar-refractivity contribution in [1.29, 1.82) is 0 Å². The molecule has 0 saturated heterocycles. The van der Waals surface area contributed by atoms with Gasteiger partial charge in [-0.2, -0.15) is 0 Å². The zero-order valence-corrected chi connectivity index (χ0v) is 11.5. The first kappa shape index (κ1) is 13.1. The Labute approximate surface area is 123 Å². The molecule has 0 radical (unpaired) electrons. The number of carbonyl (C=O) groups is 1. The van der Waals surface area contributed by atoms with Gasteiger partial charge in [0, 0.05) is 11.8 Å². The normalized spacial score (nSPS) is 10.9. The summed E-state index contributed by atoms with van der Waals surface area (Å²) in [5.41, 5.74) is 1.71. The fourth-order valence-corrected chi connectivity index (χ4v) is 2.20. The highest BCUT2D eigenvalue weighted by Gasteiger charge is 2.00. The lowest BCUT2D eigenvalue weighted by molar-refractivity contribution is 0.0970. The van der Waals surface area contributed by atoms with E-state index >= 15 is 0 Å². The molecular weight excluding hydrogens is 258 g/mol. The number of hydrogen-bond acceptors (Lipinski definition) is 1. The van der Waals surface area contributed by atoms with Crippen molar-refractivity contribution in [3.05, 3.63) is 90.1 Å². The van der Waals surface area contributed by atoms with E-state index in [-0.39, 0.29) is 5.91 Å². The van der Waals surface area contributed by atoms with E-state index in [9.17, 15) is 4.79 Å². The third-order valence-corrected chi connectivity index (χ3v) is 3.30. The van der Waals surface area contributed by atoms with Gasteiger partial charge in [-0.1, -0.05) is 54.6 Å². The van der Waals surface area contributed by atoms with Gasteiger partial charge in [-0.25, -0.2) is 0 Å². The topological polar surface area (TPSA) is 29.1 Å². The molecule has 2 nitrogen and oxygen atoms in total. The zero-order chi connectivity index (χ0) is 14.5. The number of amides is 1. The van der Waals surface area contributed by atoms with Crippen molar-refractivity contribution in [2.24, 2.45) is 0 Å². The van der Waals surface area contributed by atoms with Crippen LogP contribution in [0.25, 0.3) is 16.8 Å². The minimum absolute atomic E-state index is 0.104. The van der Waals surface area contributed by atoms with Crippen molar-refractivity contribution in [3.8, 4) is 0 Å². The minimum atomic E-state index is -0.104. The van der Waals surface area contributed by atoms with Crippen molar-refractivity contribution >= 4 is 22.8 Å². The molecule has 102 valence electrons. The maximum Gasteiger partial charge on any atom is 0.255 e. The van der Waals surface area contributed by atoms with Gasteiger partial charge in [0.1, 0.15) is 0 Å². The van der Waals surface area contributed by atoms with Gasteiger partial charge < -0.3 is 5.32 Å². The predicted molar refractivity (Wildman–Crippen MR) is 86.9 cm³/mol. The largest absolute Gasteiger partial charge is 0.329 e. The van der Waals surface area contributed by atoms with Crippen molar-refractivity contribution < 1.29 is 4.79 Å². The highest BCUT2D eigenvalue weighted by molar-refractivity contribution is 5.95. The van der Waals surface area contributed by atoms with E-state index in [1.165, 1.54) is 10.8 Å². The number of nitrogens with one attached hydrogen (secondary N) is 1. The average Bonchev–Trinajstić information content (AvgIpc) is 2.55. The van der Waals surface area contributed by atoms with Crippen LogP contribution in [0.3, 0.4) is 0 Å². The number of hydrogen-bond donors (Lipinski definition) is 1. The van der Waals surface area contributed by atoms with Crippen molar-refractivity contribution in [2.45, 2.75) is 0 Å². The van der Waals surface area contributed by atoms with Crippen LogP contribution in [0.15, 0.2) is 79.0 Å². The lowest BCUT2D eigenvalue weighted by atomic mass is 10.1. The number of fused-ring (bicyclic) bond motifs is 1. The second-order valence-corrected chi connectivity index (χ2v) is 4.78. The first-order valence-corrected chi connectivity index (χ1v) is 6.84. The van der Waals surface area contributed by atoms with Gasteiger partial charge in [0.15, 0.2) is 0 Å². The summed E-state index contributed by atoms with van der Waals surface area (Å²) in [5, 5.41) is 5.18. The van der Waals surface area contributed by atoms with Crippen LogP contribution in [-0.4, -0.2) is 5.91 Å². The van der Waals surface area contributed by atoms with Crippen molar-refractivity contribution in [3.63, 3.8) is 0 Å². The Bertz CT molecular complexity index is 791. The van der Waals surface area contributed by atoms with Crippen LogP contribution in [0.1, 0.15) is 15.9 Å². The second kappa shape index (κ2) is 6.06. The molecule has 21 heavy (non-hydrogen) atoms. The summed E-state index contributed by atoms with van der Waals surface area (Å²) in [6.45, 7) is 0. The maximum atomic E-state index is 11.9. The number of benzene rings is 3. The van der Waals surface area contributed by atoms with E-state index in [0.717, 1.165) is 5.56 Å². The molecule has 3 rings (SSSR count). The third-order valence-electron chi connectivity index (χ3n) is 3.30. The van der Waals surface area contributed by atoms with Crippen molar-refractivity contribution in [2.75, 3.05) is 0 Å². The van der Waals surface area contributed by atoms with Gasteiger partial charge in [0.05, 0.1) is 0 Å². The lowest BCUT2D eigenvalue weighted by Crippen LogP contribution is -2.16. The highest BCUT2D eigenvalue weighted by atomic mass is 16.1. The Morgan fingerprint density at radius 1 is 0.810 bits per heavy atom. The van der Waals surface area contributed by atoms with E-state index in [0.29, 0.717) is 5.56 Å². The van der Waals surface area contributed by atoms with Gasteiger partial charge in [-0.3, -0.25) is 4.79 Å². The number of carbonyl (C=O) groups excluding carboxylic acids is 1. The molecule has 0 unspecified atom stereocenters. The molecule has 0 fully saturated rings. The zero-order valence-electron chi connectivity index (χ0n) is 11.5. The van der Waals surface area contributed by atoms with Crippen molar-refractivity contribution in [1.82, 2.24) is 5.32 Å². The van der Waals surface area contributed by atoms with Crippen LogP contribution in [0.4, 0.5) is 0 Å². The van der Waals surface area contributed by atoms with Crippen LogP contribution in [0, 0.1) is 0 Å². The molecule has 1 amide bonds. The Hall–Kier alpha value is -2.87. The molecule has 0 atom stereocenters. The van der Waals surface area contributed by atoms with Crippen LogP contribution < -0.4 is 5.32 Å². The van der Waals surface area contributed by atoms with Gasteiger partial charge in [0.25, 0.3) is 5.91 Å². The Balaban J connectivity index is 1.71. The molecule has 3 aromatic rings. The van der Waals surface area contributed by atoms with Gasteiger partial charge in [-0.05, 0) is 40.6 Å². The second-order valence-electron chi connectivity index (χ2n) is 4.78. The maximum absolute atomic E-state index is 11.9. The van der Waals surface area contributed by atoms with Crippen LogP contribution >= 0.6 is 0 Å². The molecule has 0 spiro atoms. The summed E-state index contributed by atoms with van der Waals surface area (Å²) < 4.78 is 0. The molecule has 0 aromatic heterocycles. The van der Waals surface area contributed by atoms with Gasteiger partial charge in [-0.15, -0.1) is 0 Å². The summed E-state index contributed by atoms with van der Waals surface area (Å²) in [7, 11) is 0. The lowest BCUT2D eigenvalue weighted by Gasteiger charge is -2.01. The molecule has 0 saturated carbocycles. The van der Waals surface area contributed by atoms with E-state index in [4.69, 9.17) is 0 Å². The fraction of sp³-hybridized carbons (Fsp3) is 0. The smallest absolute Gasteiger partial charge is 0.255 e. The first-order valence-electron chi connectivity index (χ1n) is 6.84. The SMILES string of the molecule is O=C(N/C=C\c1ccc2ccccc2c1)c1ccccc1. The van der Waals surface area contributed by atoms with Crippen LogP contribution in [0.5, 0.6) is 0 Å². The molecular formula is C19H15NO. The summed E-state index contributed by atoms with van der Waals surface area (Å²) in [5.74, 6) is -0.104. The summed E-state index contributed by atoms with van der Waals surface area (Å²) in [4.78, 5) is 11.9. The quantitative estimate of drug-likeness (QED) is 0.759. The summed E-state index contributed by atoms with van der Waals surface area (Å²) in [6, 6.07) is 23.6. The highest BCUT2D eigenvalue weighted by Crippen LogP contribution is 2.16. The van der Waals surface area contributed by atoms with E-state index in [1.807, 2.05) is 42.5 Å². The van der Waals surface area contributed by atoms with Gasteiger partial charge >= 0.3 is 0 Å². The Morgan fingerprint density at radius 2 is 1.52 bits per heavy atom. The molecule has 0 aliphatic heterocycles. The monoisotopic (exact) mass is 273 g/mol. The molecule has 1 N–H and O–H groups in total. The molecule has 0 aliphatic carbocycles. The first-order chi connectivity index (χ1) is 10.3. The van der Waals surface area contributed by atoms with Crippen LogP contribution in [-0.2, 0) is 0 Å². The van der Waals surface area contributed by atoms with E-state index in [1.54, 1.807) is 18.3 Å². The third kappa shape index (κ3) is 3.18. The fourth-order valence-electron chi connectivity index (χ4n) is 2.20. The average molecular weight is 273 g/mol. The standard InChI is InChI=1S/C19H15NO/c21-19(17-7-2-1-3-8-17)20-13-12-15-10-11-16-6-4-5-9-18(16)14-15/h1-14H,(H,20,21)/b13-12-. The minimum Gasteiger partial charge on any atom is -0.329 e. The van der Waals surface area contributed by atoms with Gasteiger partial charge in [0.2, 0.25) is 0 Å². The van der Waals surface area contributed by atoms with Crippen LogP contribution in [0.2, 0.25) is 0 Å². The molecule has 0 aliphatic rings. The van der Waals surface area contributed by atoms with E-state index in [2.05, 4.69) is 29.6 Å². The molecule has 0 bridgehead atoms. The molecule has 0 heterocycles. The van der Waals surface area contributed by atoms with E-state index < -0.39 is 0 Å². The molecule has 3 aromatic carbocycles. The Morgan fingerprint density at radius 3 is 2.33 bits per heavy atom. The summed E-state index contributed by atoms with van der Waals surface area (Å²) >= 11 is 0. The number of rotatable bonds is 3. The predicted octanol–water partition coefficient (Wildman–Crippen LogP) is 4.24. The Kier molecular flexibility index (Phi) is 3.79.